The summed E-state index contributed by atoms with van der Waals surface area (Å²) in [5.41, 5.74) is 2.35. The molecule has 0 radical (unpaired) electrons. The number of carbonyl (C=O) groups excluding carboxylic acids is 1. The van der Waals surface area contributed by atoms with Crippen molar-refractivity contribution in [3.05, 3.63) is 59.9 Å². The van der Waals surface area contributed by atoms with E-state index in [1.807, 2.05) is 19.1 Å². The SMILES string of the molecule is Cc1ccc(-c2nc3ccccn3c2C(=O)OCC(F)(F)F)cc1. The minimum atomic E-state index is -4.58. The molecule has 0 aliphatic heterocycles. The van der Waals surface area contributed by atoms with Crippen molar-refractivity contribution in [3.63, 3.8) is 0 Å². The van der Waals surface area contributed by atoms with Crippen molar-refractivity contribution in [1.82, 2.24) is 9.38 Å². The minimum Gasteiger partial charge on any atom is -0.451 e. The summed E-state index contributed by atoms with van der Waals surface area (Å²) in [7, 11) is 0. The minimum absolute atomic E-state index is 0.0290. The molecule has 0 spiro atoms. The van der Waals surface area contributed by atoms with Crippen LogP contribution >= 0.6 is 0 Å². The summed E-state index contributed by atoms with van der Waals surface area (Å²) in [5, 5.41) is 0. The third kappa shape index (κ3) is 3.24. The molecule has 0 unspecified atom stereocenters. The quantitative estimate of drug-likeness (QED) is 0.679. The summed E-state index contributed by atoms with van der Waals surface area (Å²) >= 11 is 0. The molecule has 0 amide bonds. The van der Waals surface area contributed by atoms with Gasteiger partial charge in [-0.1, -0.05) is 35.9 Å². The fraction of sp³-hybridized carbons (Fsp3) is 0.176. The highest BCUT2D eigenvalue weighted by molar-refractivity contribution is 5.96. The number of esters is 1. The third-order valence-corrected chi connectivity index (χ3v) is 3.42. The summed E-state index contributed by atoms with van der Waals surface area (Å²) < 4.78 is 42.9. The molecule has 0 N–H and O–H groups in total. The van der Waals surface area contributed by atoms with Crippen LogP contribution in [0, 0.1) is 6.92 Å². The lowest BCUT2D eigenvalue weighted by atomic mass is 10.1. The first-order valence-electron chi connectivity index (χ1n) is 7.13. The third-order valence-electron chi connectivity index (χ3n) is 3.42. The van der Waals surface area contributed by atoms with Gasteiger partial charge in [0.25, 0.3) is 0 Å². The van der Waals surface area contributed by atoms with E-state index in [0.29, 0.717) is 11.2 Å². The van der Waals surface area contributed by atoms with Crippen LogP contribution in [-0.4, -0.2) is 28.1 Å². The predicted octanol–water partition coefficient (Wildman–Crippen LogP) is 4.03. The average Bonchev–Trinajstić information content (AvgIpc) is 2.92. The second kappa shape index (κ2) is 5.99. The number of benzene rings is 1. The second-order valence-electron chi connectivity index (χ2n) is 5.30. The smallest absolute Gasteiger partial charge is 0.422 e. The molecule has 3 aromatic rings. The molecule has 0 saturated carbocycles. The first-order chi connectivity index (χ1) is 11.3. The Kier molecular flexibility index (Phi) is 4.01. The van der Waals surface area contributed by atoms with Gasteiger partial charge in [-0.2, -0.15) is 13.2 Å². The topological polar surface area (TPSA) is 43.6 Å². The lowest BCUT2D eigenvalue weighted by Gasteiger charge is -2.09. The Morgan fingerprint density at radius 3 is 2.54 bits per heavy atom. The Hall–Kier alpha value is -2.83. The van der Waals surface area contributed by atoms with Crippen LogP contribution in [0.4, 0.5) is 13.2 Å². The van der Waals surface area contributed by atoms with E-state index in [4.69, 9.17) is 0 Å². The number of imidazole rings is 1. The van der Waals surface area contributed by atoms with Crippen LogP contribution in [-0.2, 0) is 4.74 Å². The van der Waals surface area contributed by atoms with E-state index < -0.39 is 18.8 Å². The zero-order valence-corrected chi connectivity index (χ0v) is 12.7. The zero-order chi connectivity index (χ0) is 17.3. The van der Waals surface area contributed by atoms with Gasteiger partial charge in [-0.3, -0.25) is 4.40 Å². The molecule has 24 heavy (non-hydrogen) atoms. The Morgan fingerprint density at radius 1 is 1.17 bits per heavy atom. The maximum absolute atomic E-state index is 12.3. The molecule has 1 aromatic carbocycles. The Bertz CT molecular complexity index is 883. The van der Waals surface area contributed by atoms with Crippen LogP contribution in [0.1, 0.15) is 16.1 Å². The first kappa shape index (κ1) is 16.0. The molecule has 0 bridgehead atoms. The van der Waals surface area contributed by atoms with Gasteiger partial charge in [0.1, 0.15) is 11.3 Å². The maximum atomic E-state index is 12.3. The van der Waals surface area contributed by atoms with Crippen LogP contribution in [0.3, 0.4) is 0 Å². The van der Waals surface area contributed by atoms with Gasteiger partial charge in [0, 0.05) is 11.8 Å². The summed E-state index contributed by atoms with van der Waals surface area (Å²) in [5.74, 6) is -1.07. The lowest BCUT2D eigenvalue weighted by Crippen LogP contribution is -2.21. The lowest BCUT2D eigenvalue weighted by molar-refractivity contribution is -0.161. The summed E-state index contributed by atoms with van der Waals surface area (Å²) in [4.78, 5) is 16.6. The average molecular weight is 334 g/mol. The van der Waals surface area contributed by atoms with Crippen LogP contribution in [0.5, 0.6) is 0 Å². The highest BCUT2D eigenvalue weighted by Crippen LogP contribution is 2.26. The fourth-order valence-corrected chi connectivity index (χ4v) is 2.32. The van der Waals surface area contributed by atoms with E-state index in [9.17, 15) is 18.0 Å². The number of carbonyl (C=O) groups is 1. The maximum Gasteiger partial charge on any atom is 0.422 e. The fourth-order valence-electron chi connectivity index (χ4n) is 2.32. The second-order valence-corrected chi connectivity index (χ2v) is 5.30. The molecule has 124 valence electrons. The van der Waals surface area contributed by atoms with Crippen LogP contribution < -0.4 is 0 Å². The molecule has 0 aliphatic rings. The van der Waals surface area contributed by atoms with Gasteiger partial charge in [-0.15, -0.1) is 0 Å². The molecule has 0 fully saturated rings. The van der Waals surface area contributed by atoms with E-state index in [1.165, 1.54) is 4.40 Å². The summed E-state index contributed by atoms with van der Waals surface area (Å²) in [6.07, 6.45) is -3.02. The molecule has 2 aromatic heterocycles. The highest BCUT2D eigenvalue weighted by atomic mass is 19.4. The number of hydrogen-bond donors (Lipinski definition) is 0. The Morgan fingerprint density at radius 2 is 1.88 bits per heavy atom. The number of halogens is 3. The van der Waals surface area contributed by atoms with Crippen LogP contribution in [0.25, 0.3) is 16.9 Å². The normalized spacial score (nSPS) is 11.7. The monoisotopic (exact) mass is 334 g/mol. The molecule has 0 saturated heterocycles. The van der Waals surface area contributed by atoms with Gasteiger partial charge < -0.3 is 4.74 Å². The largest absolute Gasteiger partial charge is 0.451 e. The first-order valence-corrected chi connectivity index (χ1v) is 7.13. The van der Waals surface area contributed by atoms with Crippen molar-refractivity contribution in [2.75, 3.05) is 6.61 Å². The summed E-state index contributed by atoms with van der Waals surface area (Å²) in [6, 6.07) is 12.3. The van der Waals surface area contributed by atoms with Crippen LogP contribution in [0.15, 0.2) is 48.7 Å². The number of fused-ring (bicyclic) bond motifs is 1. The molecule has 7 heteroatoms. The summed E-state index contributed by atoms with van der Waals surface area (Å²) in [6.45, 7) is 0.269. The number of nitrogens with zero attached hydrogens (tertiary/aromatic N) is 2. The molecular formula is C17H13F3N2O2. The van der Waals surface area contributed by atoms with E-state index >= 15 is 0 Å². The van der Waals surface area contributed by atoms with Crippen molar-refractivity contribution < 1.29 is 22.7 Å². The molecule has 2 heterocycles. The Labute approximate surface area is 135 Å². The van der Waals surface area contributed by atoms with Crippen molar-refractivity contribution in [2.24, 2.45) is 0 Å². The zero-order valence-electron chi connectivity index (χ0n) is 12.7. The van der Waals surface area contributed by atoms with E-state index in [0.717, 1.165) is 5.56 Å². The van der Waals surface area contributed by atoms with Crippen molar-refractivity contribution in [2.45, 2.75) is 13.1 Å². The number of rotatable bonds is 3. The number of aromatic nitrogens is 2. The van der Waals surface area contributed by atoms with Gasteiger partial charge in [-0.05, 0) is 19.1 Å². The number of hydrogen-bond acceptors (Lipinski definition) is 3. The van der Waals surface area contributed by atoms with Gasteiger partial charge in [0.2, 0.25) is 0 Å². The number of ether oxygens (including phenoxy) is 1. The molecule has 0 aliphatic carbocycles. The van der Waals surface area contributed by atoms with Gasteiger partial charge in [-0.25, -0.2) is 9.78 Å². The predicted molar refractivity (Wildman–Crippen MR) is 81.7 cm³/mol. The van der Waals surface area contributed by atoms with Crippen molar-refractivity contribution in [3.8, 4) is 11.3 Å². The van der Waals surface area contributed by atoms with E-state index in [1.54, 1.807) is 36.5 Å². The van der Waals surface area contributed by atoms with Gasteiger partial charge in [0.05, 0.1) is 0 Å². The van der Waals surface area contributed by atoms with E-state index in [-0.39, 0.29) is 11.4 Å². The van der Waals surface area contributed by atoms with Gasteiger partial charge in [0.15, 0.2) is 12.3 Å². The highest BCUT2D eigenvalue weighted by Gasteiger charge is 2.31. The number of alkyl halides is 3. The number of pyridine rings is 1. The van der Waals surface area contributed by atoms with E-state index in [2.05, 4.69) is 9.72 Å². The van der Waals surface area contributed by atoms with Gasteiger partial charge >= 0.3 is 12.1 Å². The molecule has 0 atom stereocenters. The molecule has 4 nitrogen and oxygen atoms in total. The standard InChI is InChI=1S/C17H13F3N2O2/c1-11-5-7-12(8-6-11)14-15(16(23)24-10-17(18,19)20)22-9-3-2-4-13(22)21-14/h2-9H,10H2,1H3. The van der Waals surface area contributed by atoms with Crippen LogP contribution in [0.2, 0.25) is 0 Å². The van der Waals surface area contributed by atoms with Crippen molar-refractivity contribution in [1.29, 1.82) is 0 Å². The Balaban J connectivity index is 2.08. The number of aryl methyl sites for hydroxylation is 1. The molecule has 3 rings (SSSR count). The molecular weight excluding hydrogens is 321 g/mol. The van der Waals surface area contributed by atoms with Crippen molar-refractivity contribution >= 4 is 11.6 Å².